The largest absolute Gasteiger partial charge is 0.573 e. The Labute approximate surface area is 150 Å². The van der Waals surface area contributed by atoms with E-state index in [-0.39, 0.29) is 17.8 Å². The summed E-state index contributed by atoms with van der Waals surface area (Å²) < 4.78 is 46.6. The van der Waals surface area contributed by atoms with E-state index in [0.29, 0.717) is 17.9 Å². The minimum atomic E-state index is -4.72. The van der Waals surface area contributed by atoms with Crippen molar-refractivity contribution in [2.24, 2.45) is 0 Å². The molecule has 2 unspecified atom stereocenters. The van der Waals surface area contributed by atoms with Crippen LogP contribution in [0, 0.1) is 0 Å². The number of rotatable bonds is 6. The summed E-state index contributed by atoms with van der Waals surface area (Å²) in [5.41, 5.74) is 1.80. The van der Waals surface area contributed by atoms with Crippen LogP contribution in [-0.4, -0.2) is 26.1 Å². The lowest BCUT2D eigenvalue weighted by molar-refractivity contribution is -0.274. The van der Waals surface area contributed by atoms with Crippen molar-refractivity contribution >= 4 is 0 Å². The second kappa shape index (κ2) is 7.97. The van der Waals surface area contributed by atoms with E-state index in [1.54, 1.807) is 0 Å². The molecule has 0 saturated carbocycles. The van der Waals surface area contributed by atoms with Crippen LogP contribution < -0.4 is 20.1 Å². The number of ether oxygens (including phenoxy) is 2. The predicted molar refractivity (Wildman–Crippen MR) is 92.1 cm³/mol. The Morgan fingerprint density at radius 3 is 2.62 bits per heavy atom. The summed E-state index contributed by atoms with van der Waals surface area (Å²) in [6.45, 7) is 1.26. The van der Waals surface area contributed by atoms with Gasteiger partial charge < -0.3 is 20.1 Å². The number of nitrogens with one attached hydrogen (secondary N) is 2. The topological polar surface area (TPSA) is 42.5 Å². The van der Waals surface area contributed by atoms with Crippen LogP contribution in [0.15, 0.2) is 48.5 Å². The summed E-state index contributed by atoms with van der Waals surface area (Å²) in [6.07, 6.45) is -3.78. The van der Waals surface area contributed by atoms with Gasteiger partial charge in [-0.1, -0.05) is 30.3 Å². The molecule has 1 heterocycles. The summed E-state index contributed by atoms with van der Waals surface area (Å²) in [5, 5.41) is 6.90. The molecule has 1 aliphatic rings. The molecule has 2 atom stereocenters. The first-order chi connectivity index (χ1) is 12.5. The van der Waals surface area contributed by atoms with Crippen molar-refractivity contribution in [2.45, 2.75) is 31.4 Å². The Morgan fingerprint density at radius 1 is 1.15 bits per heavy atom. The fourth-order valence-corrected chi connectivity index (χ4v) is 3.26. The van der Waals surface area contributed by atoms with Crippen LogP contribution in [-0.2, 0) is 6.54 Å². The van der Waals surface area contributed by atoms with E-state index in [0.717, 1.165) is 13.0 Å². The number of methoxy groups -OCH3 is 1. The molecule has 2 aromatic carbocycles. The summed E-state index contributed by atoms with van der Waals surface area (Å²) >= 11 is 0. The standard InChI is InChI=1S/C19H21F3N2O2/c1-25-17-8-7-15(26-19(20,21)22)11-14(17)12-24-16-9-10-23-18(16)13-5-3-2-4-6-13/h2-8,11,16,18,23-24H,9-10,12H2,1H3. The number of halogens is 3. The van der Waals surface area contributed by atoms with Crippen molar-refractivity contribution in [1.82, 2.24) is 10.6 Å². The minimum Gasteiger partial charge on any atom is -0.496 e. The molecule has 140 valence electrons. The van der Waals surface area contributed by atoms with Gasteiger partial charge in [-0.05, 0) is 36.7 Å². The molecule has 0 radical (unpaired) electrons. The lowest BCUT2D eigenvalue weighted by Crippen LogP contribution is -2.34. The van der Waals surface area contributed by atoms with Gasteiger partial charge in [0.2, 0.25) is 0 Å². The van der Waals surface area contributed by atoms with E-state index in [1.807, 2.05) is 18.2 Å². The third kappa shape index (κ3) is 4.68. The van der Waals surface area contributed by atoms with Crippen molar-refractivity contribution in [1.29, 1.82) is 0 Å². The molecule has 2 aromatic rings. The van der Waals surface area contributed by atoms with Crippen molar-refractivity contribution in [3.05, 3.63) is 59.7 Å². The molecule has 0 aromatic heterocycles. The van der Waals surface area contributed by atoms with Crippen LogP contribution in [0.25, 0.3) is 0 Å². The molecule has 3 rings (SSSR count). The zero-order valence-corrected chi connectivity index (χ0v) is 14.3. The van der Waals surface area contributed by atoms with Crippen molar-refractivity contribution in [2.75, 3.05) is 13.7 Å². The first kappa shape index (κ1) is 18.5. The van der Waals surface area contributed by atoms with Gasteiger partial charge in [0.05, 0.1) is 7.11 Å². The fourth-order valence-electron chi connectivity index (χ4n) is 3.26. The first-order valence-electron chi connectivity index (χ1n) is 8.40. The molecular formula is C19H21F3N2O2. The van der Waals surface area contributed by atoms with Gasteiger partial charge in [0.15, 0.2) is 0 Å². The van der Waals surface area contributed by atoms with Crippen LogP contribution in [0.1, 0.15) is 23.6 Å². The van der Waals surface area contributed by atoms with Gasteiger partial charge in [-0.15, -0.1) is 13.2 Å². The SMILES string of the molecule is COc1ccc(OC(F)(F)F)cc1CNC1CCNC1c1ccccc1. The van der Waals surface area contributed by atoms with Crippen molar-refractivity contribution < 1.29 is 22.6 Å². The van der Waals surface area contributed by atoms with Gasteiger partial charge in [0, 0.05) is 24.2 Å². The molecular weight excluding hydrogens is 345 g/mol. The molecule has 2 N–H and O–H groups in total. The van der Waals surface area contributed by atoms with E-state index < -0.39 is 6.36 Å². The summed E-state index contributed by atoms with van der Waals surface area (Å²) in [5.74, 6) is 0.272. The van der Waals surface area contributed by atoms with Crippen LogP contribution in [0.4, 0.5) is 13.2 Å². The first-order valence-corrected chi connectivity index (χ1v) is 8.40. The van der Waals surface area contributed by atoms with Crippen molar-refractivity contribution in [3.63, 3.8) is 0 Å². The highest BCUT2D eigenvalue weighted by atomic mass is 19.4. The van der Waals surface area contributed by atoms with Crippen LogP contribution >= 0.6 is 0 Å². The molecule has 0 aliphatic carbocycles. The summed E-state index contributed by atoms with van der Waals surface area (Å²) in [7, 11) is 1.49. The highest BCUT2D eigenvalue weighted by Gasteiger charge is 2.31. The molecule has 0 amide bonds. The fraction of sp³-hybridized carbons (Fsp3) is 0.368. The predicted octanol–water partition coefficient (Wildman–Crippen LogP) is 3.79. The van der Waals surface area contributed by atoms with E-state index in [9.17, 15) is 13.2 Å². The lowest BCUT2D eigenvalue weighted by atomic mass is 10.0. The van der Waals surface area contributed by atoms with Gasteiger partial charge in [0.1, 0.15) is 11.5 Å². The zero-order chi connectivity index (χ0) is 18.6. The molecule has 7 heteroatoms. The number of alkyl halides is 3. The Kier molecular flexibility index (Phi) is 5.68. The van der Waals surface area contributed by atoms with Gasteiger partial charge in [-0.3, -0.25) is 0 Å². The quantitative estimate of drug-likeness (QED) is 0.816. The monoisotopic (exact) mass is 366 g/mol. The third-order valence-electron chi connectivity index (χ3n) is 4.42. The Balaban J connectivity index is 1.71. The second-order valence-corrected chi connectivity index (χ2v) is 6.14. The molecule has 4 nitrogen and oxygen atoms in total. The van der Waals surface area contributed by atoms with Crippen LogP contribution in [0.5, 0.6) is 11.5 Å². The van der Waals surface area contributed by atoms with E-state index in [1.165, 1.54) is 30.9 Å². The molecule has 1 aliphatic heterocycles. The molecule has 1 fully saturated rings. The van der Waals surface area contributed by atoms with Gasteiger partial charge in [-0.2, -0.15) is 0 Å². The number of hydrogen-bond donors (Lipinski definition) is 2. The van der Waals surface area contributed by atoms with Crippen LogP contribution in [0.2, 0.25) is 0 Å². The smallest absolute Gasteiger partial charge is 0.496 e. The highest BCUT2D eigenvalue weighted by molar-refractivity contribution is 5.40. The maximum absolute atomic E-state index is 12.4. The summed E-state index contributed by atoms with van der Waals surface area (Å²) in [6, 6.07) is 14.5. The van der Waals surface area contributed by atoms with Crippen molar-refractivity contribution in [3.8, 4) is 11.5 Å². The molecule has 26 heavy (non-hydrogen) atoms. The number of benzene rings is 2. The van der Waals surface area contributed by atoms with E-state index >= 15 is 0 Å². The Hall–Kier alpha value is -2.25. The molecule has 0 spiro atoms. The van der Waals surface area contributed by atoms with Gasteiger partial charge in [0.25, 0.3) is 0 Å². The highest BCUT2D eigenvalue weighted by Crippen LogP contribution is 2.29. The van der Waals surface area contributed by atoms with Gasteiger partial charge in [-0.25, -0.2) is 0 Å². The average molecular weight is 366 g/mol. The second-order valence-electron chi connectivity index (χ2n) is 6.14. The zero-order valence-electron chi connectivity index (χ0n) is 14.3. The van der Waals surface area contributed by atoms with Crippen LogP contribution in [0.3, 0.4) is 0 Å². The Morgan fingerprint density at radius 2 is 1.92 bits per heavy atom. The molecule has 1 saturated heterocycles. The molecule has 0 bridgehead atoms. The lowest BCUT2D eigenvalue weighted by Gasteiger charge is -2.22. The average Bonchev–Trinajstić information content (AvgIpc) is 3.08. The third-order valence-corrected chi connectivity index (χ3v) is 4.42. The number of hydrogen-bond acceptors (Lipinski definition) is 4. The maximum atomic E-state index is 12.4. The maximum Gasteiger partial charge on any atom is 0.573 e. The van der Waals surface area contributed by atoms with E-state index in [4.69, 9.17) is 4.74 Å². The Bertz CT molecular complexity index is 722. The normalized spacial score (nSPS) is 20.2. The minimum absolute atomic E-state index is 0.164. The van der Waals surface area contributed by atoms with Gasteiger partial charge >= 0.3 is 6.36 Å². The van der Waals surface area contributed by atoms with E-state index in [2.05, 4.69) is 27.5 Å². The summed E-state index contributed by atoms with van der Waals surface area (Å²) in [4.78, 5) is 0.